The summed E-state index contributed by atoms with van der Waals surface area (Å²) < 4.78 is 1.30. The van der Waals surface area contributed by atoms with Crippen LogP contribution in [0.25, 0.3) is 33.4 Å². The predicted octanol–water partition coefficient (Wildman–Crippen LogP) is 9.91. The minimum Gasteiger partial charge on any atom is -0.0863 e. The highest BCUT2D eigenvalue weighted by molar-refractivity contribution is 14.1. The molecule has 0 fully saturated rings. The standard InChI is InChI=1S/C30H19IS2/c31-26-19-18-25(22-14-8-3-9-15-22)29-30(26)33-28-24(21-12-6-2-7-13-21)17-16-23(27(28)32-29)20-10-4-1-5-11-20/h1-19H. The van der Waals surface area contributed by atoms with Gasteiger partial charge in [-0.05, 0) is 62.0 Å². The van der Waals surface area contributed by atoms with Crippen LogP contribution in [0.3, 0.4) is 0 Å². The molecular weight excluding hydrogens is 551 g/mol. The molecule has 5 aromatic carbocycles. The maximum Gasteiger partial charge on any atom is 0.0402 e. The Morgan fingerprint density at radius 1 is 0.364 bits per heavy atom. The van der Waals surface area contributed by atoms with Crippen LogP contribution in [-0.2, 0) is 0 Å². The van der Waals surface area contributed by atoms with Gasteiger partial charge in [-0.1, -0.05) is 133 Å². The third-order valence-electron chi connectivity index (χ3n) is 5.84. The molecule has 0 nitrogen and oxygen atoms in total. The first kappa shape index (κ1) is 21.1. The van der Waals surface area contributed by atoms with Crippen LogP contribution in [0.4, 0.5) is 0 Å². The number of rotatable bonds is 3. The fourth-order valence-corrected chi connectivity index (χ4v) is 7.97. The zero-order valence-electron chi connectivity index (χ0n) is 17.7. The normalized spacial score (nSPS) is 12.2. The van der Waals surface area contributed by atoms with Crippen LogP contribution in [0.1, 0.15) is 0 Å². The molecule has 158 valence electrons. The van der Waals surface area contributed by atoms with Crippen LogP contribution in [0, 0.1) is 3.57 Å². The zero-order valence-corrected chi connectivity index (χ0v) is 21.5. The molecule has 0 radical (unpaired) electrons. The molecule has 0 N–H and O–H groups in total. The molecule has 0 bridgehead atoms. The lowest BCUT2D eigenvalue weighted by Crippen LogP contribution is -1.99. The van der Waals surface area contributed by atoms with Crippen molar-refractivity contribution in [2.45, 2.75) is 19.6 Å². The monoisotopic (exact) mass is 570 g/mol. The van der Waals surface area contributed by atoms with E-state index in [4.69, 9.17) is 0 Å². The molecule has 3 heteroatoms. The average Bonchev–Trinajstić information content (AvgIpc) is 2.89. The van der Waals surface area contributed by atoms with Gasteiger partial charge < -0.3 is 0 Å². The average molecular weight is 571 g/mol. The van der Waals surface area contributed by atoms with Crippen LogP contribution in [-0.4, -0.2) is 0 Å². The third-order valence-corrected chi connectivity index (χ3v) is 9.87. The first-order valence-corrected chi connectivity index (χ1v) is 13.5. The Kier molecular flexibility index (Phi) is 5.78. The number of hydrogen-bond acceptors (Lipinski definition) is 2. The number of fused-ring (bicyclic) bond motifs is 2. The molecule has 0 unspecified atom stereocenters. The van der Waals surface area contributed by atoms with Crippen molar-refractivity contribution < 1.29 is 0 Å². The molecule has 0 aliphatic carbocycles. The molecule has 0 saturated heterocycles. The van der Waals surface area contributed by atoms with Gasteiger partial charge in [-0.25, -0.2) is 0 Å². The summed E-state index contributed by atoms with van der Waals surface area (Å²) in [6.07, 6.45) is 0. The first-order chi connectivity index (χ1) is 16.3. The molecule has 0 spiro atoms. The van der Waals surface area contributed by atoms with E-state index in [9.17, 15) is 0 Å². The van der Waals surface area contributed by atoms with Gasteiger partial charge in [0, 0.05) is 23.2 Å². The number of halogens is 1. The molecule has 33 heavy (non-hydrogen) atoms. The molecule has 1 aliphatic heterocycles. The Morgan fingerprint density at radius 2 is 0.697 bits per heavy atom. The summed E-state index contributed by atoms with van der Waals surface area (Å²) >= 11 is 6.33. The van der Waals surface area contributed by atoms with Crippen LogP contribution in [0.2, 0.25) is 0 Å². The van der Waals surface area contributed by atoms with Gasteiger partial charge in [-0.2, -0.15) is 0 Å². The summed E-state index contributed by atoms with van der Waals surface area (Å²) in [6, 6.07) is 41.4. The van der Waals surface area contributed by atoms with E-state index in [1.165, 1.54) is 56.5 Å². The van der Waals surface area contributed by atoms with Gasteiger partial charge >= 0.3 is 0 Å². The molecule has 0 saturated carbocycles. The minimum atomic E-state index is 1.26. The van der Waals surface area contributed by atoms with Gasteiger partial charge in [-0.3, -0.25) is 0 Å². The van der Waals surface area contributed by atoms with E-state index >= 15 is 0 Å². The van der Waals surface area contributed by atoms with Crippen molar-refractivity contribution in [3.05, 3.63) is 119 Å². The predicted molar refractivity (Wildman–Crippen MR) is 150 cm³/mol. The summed E-state index contributed by atoms with van der Waals surface area (Å²) in [5, 5.41) is 0. The second-order valence-electron chi connectivity index (χ2n) is 7.87. The van der Waals surface area contributed by atoms with Gasteiger partial charge in [0.2, 0.25) is 0 Å². The van der Waals surface area contributed by atoms with E-state index < -0.39 is 0 Å². The van der Waals surface area contributed by atoms with E-state index in [0.29, 0.717) is 0 Å². The Hall–Kier alpha value is -2.47. The quantitative estimate of drug-likeness (QED) is 0.194. The third kappa shape index (κ3) is 3.92. The second-order valence-corrected chi connectivity index (χ2v) is 11.1. The Balaban J connectivity index is 1.60. The van der Waals surface area contributed by atoms with Crippen LogP contribution < -0.4 is 0 Å². The van der Waals surface area contributed by atoms with Gasteiger partial charge in [-0.15, -0.1) is 0 Å². The Morgan fingerprint density at radius 3 is 1.12 bits per heavy atom. The highest BCUT2D eigenvalue weighted by Gasteiger charge is 2.27. The molecule has 6 rings (SSSR count). The molecule has 0 amide bonds. The van der Waals surface area contributed by atoms with Crippen molar-refractivity contribution in [2.24, 2.45) is 0 Å². The lowest BCUT2D eigenvalue weighted by Gasteiger charge is -2.26. The van der Waals surface area contributed by atoms with Crippen LogP contribution >= 0.6 is 46.1 Å². The number of hydrogen-bond donors (Lipinski definition) is 0. The summed E-state index contributed by atoms with van der Waals surface area (Å²) in [7, 11) is 0. The lowest BCUT2D eigenvalue weighted by molar-refractivity contribution is 1.15. The van der Waals surface area contributed by atoms with E-state index in [1.807, 2.05) is 23.5 Å². The molecular formula is C30H19IS2. The van der Waals surface area contributed by atoms with E-state index in [-0.39, 0.29) is 0 Å². The highest BCUT2D eigenvalue weighted by atomic mass is 127. The van der Waals surface area contributed by atoms with E-state index in [0.717, 1.165) is 0 Å². The Bertz CT molecular complexity index is 1450. The van der Waals surface area contributed by atoms with Crippen molar-refractivity contribution in [1.82, 2.24) is 0 Å². The van der Waals surface area contributed by atoms with Crippen LogP contribution in [0.15, 0.2) is 135 Å². The minimum absolute atomic E-state index is 1.26. The van der Waals surface area contributed by atoms with Crippen molar-refractivity contribution in [3.8, 4) is 33.4 Å². The highest BCUT2D eigenvalue weighted by Crippen LogP contribution is 2.57. The fraction of sp³-hybridized carbons (Fsp3) is 0. The van der Waals surface area contributed by atoms with Gasteiger partial charge in [0.25, 0.3) is 0 Å². The van der Waals surface area contributed by atoms with Crippen molar-refractivity contribution in [2.75, 3.05) is 0 Å². The fourth-order valence-electron chi connectivity index (χ4n) is 4.24. The topological polar surface area (TPSA) is 0 Å². The maximum absolute atomic E-state index is 2.49. The van der Waals surface area contributed by atoms with Gasteiger partial charge in [0.1, 0.15) is 0 Å². The maximum atomic E-state index is 2.49. The molecule has 5 aromatic rings. The van der Waals surface area contributed by atoms with Crippen molar-refractivity contribution >= 4 is 46.1 Å². The van der Waals surface area contributed by atoms with E-state index in [1.54, 1.807) is 0 Å². The number of benzene rings is 5. The molecule has 1 aliphatic rings. The second kappa shape index (κ2) is 9.05. The van der Waals surface area contributed by atoms with Crippen LogP contribution in [0.5, 0.6) is 0 Å². The van der Waals surface area contributed by atoms with Gasteiger partial charge in [0.15, 0.2) is 0 Å². The molecule has 0 atom stereocenters. The smallest absolute Gasteiger partial charge is 0.0402 e. The molecule has 1 heterocycles. The van der Waals surface area contributed by atoms with Crippen molar-refractivity contribution in [3.63, 3.8) is 0 Å². The largest absolute Gasteiger partial charge is 0.0863 e. The SMILES string of the molecule is Ic1ccc(-c2ccccc2)c2c1Sc1c(-c3ccccc3)ccc(-c3ccccc3)c1S2. The zero-order chi connectivity index (χ0) is 22.2. The first-order valence-electron chi connectivity index (χ1n) is 10.8. The van der Waals surface area contributed by atoms with Crippen molar-refractivity contribution in [1.29, 1.82) is 0 Å². The summed E-state index contributed by atoms with van der Waals surface area (Å²) in [5.41, 5.74) is 7.69. The summed E-state index contributed by atoms with van der Waals surface area (Å²) in [6.45, 7) is 0. The summed E-state index contributed by atoms with van der Waals surface area (Å²) in [4.78, 5) is 5.41. The van der Waals surface area contributed by atoms with E-state index in [2.05, 4.69) is 138 Å². The van der Waals surface area contributed by atoms with Gasteiger partial charge in [0.05, 0.1) is 0 Å². The molecule has 0 aromatic heterocycles. The summed E-state index contributed by atoms with van der Waals surface area (Å²) in [5.74, 6) is 0. The Labute approximate surface area is 216 Å². The lowest BCUT2D eigenvalue weighted by atomic mass is 10.00.